The maximum Gasteiger partial charge on any atom is 0.270 e. The van der Waals surface area contributed by atoms with Crippen LogP contribution in [0.4, 0.5) is 11.4 Å². The number of thiocarbonyl (C=S) groups is 1. The summed E-state index contributed by atoms with van der Waals surface area (Å²) < 4.78 is 5.47. The van der Waals surface area contributed by atoms with Gasteiger partial charge >= 0.3 is 0 Å². The Morgan fingerprint density at radius 1 is 1.12 bits per heavy atom. The summed E-state index contributed by atoms with van der Waals surface area (Å²) in [5.74, 6) is -0.270. The second-order valence-corrected chi connectivity index (χ2v) is 9.09. The molecule has 2 aromatic rings. The van der Waals surface area contributed by atoms with E-state index in [0.29, 0.717) is 18.0 Å². The van der Waals surface area contributed by atoms with Gasteiger partial charge in [0, 0.05) is 18.3 Å². The number of rotatable bonds is 4. The molecule has 0 atom stereocenters. The summed E-state index contributed by atoms with van der Waals surface area (Å²) in [6, 6.07) is 13.0. The molecule has 0 saturated carbocycles. The van der Waals surface area contributed by atoms with Crippen LogP contribution in [0.15, 0.2) is 54.1 Å². The van der Waals surface area contributed by atoms with E-state index in [1.165, 1.54) is 4.90 Å². The summed E-state index contributed by atoms with van der Waals surface area (Å²) in [5.41, 5.74) is 4.62. The number of hydrogen-bond acceptors (Lipinski definition) is 5. The Hall–Kier alpha value is -3.45. The zero-order chi connectivity index (χ0) is 23.9. The Labute approximate surface area is 199 Å². The first-order valence-electron chi connectivity index (χ1n) is 10.8. The Balaban J connectivity index is 1.69. The van der Waals surface area contributed by atoms with E-state index in [4.69, 9.17) is 17.0 Å². The number of nitrogens with zero attached hydrogens (tertiary/aromatic N) is 2. The summed E-state index contributed by atoms with van der Waals surface area (Å²) in [4.78, 5) is 29.5. The molecular formula is C26H27N3O3S. The van der Waals surface area contributed by atoms with Crippen molar-refractivity contribution in [3.63, 3.8) is 0 Å². The van der Waals surface area contributed by atoms with E-state index in [0.717, 1.165) is 22.4 Å². The minimum Gasteiger partial charge on any atom is -0.494 e. The lowest BCUT2D eigenvalue weighted by molar-refractivity contribution is -0.122. The Kier molecular flexibility index (Phi) is 5.84. The topological polar surface area (TPSA) is 61.9 Å². The number of carbonyl (C=O) groups is 2. The van der Waals surface area contributed by atoms with Crippen LogP contribution in [-0.4, -0.2) is 36.1 Å². The number of benzene rings is 2. The number of nitrogens with one attached hydrogen (secondary N) is 1. The Bertz CT molecular complexity index is 1210. The summed E-state index contributed by atoms with van der Waals surface area (Å²) >= 11 is 5.30. The molecule has 0 aliphatic carbocycles. The average Bonchev–Trinajstić information content (AvgIpc) is 2.76. The second kappa shape index (κ2) is 8.48. The van der Waals surface area contributed by atoms with Gasteiger partial charge in [0.05, 0.1) is 17.8 Å². The van der Waals surface area contributed by atoms with Crippen molar-refractivity contribution >= 4 is 52.2 Å². The van der Waals surface area contributed by atoms with Gasteiger partial charge in [-0.3, -0.25) is 19.8 Å². The molecule has 7 heteroatoms. The van der Waals surface area contributed by atoms with Crippen LogP contribution in [0.5, 0.6) is 5.75 Å². The van der Waals surface area contributed by atoms with Crippen LogP contribution in [0.2, 0.25) is 0 Å². The molecule has 4 rings (SSSR count). The van der Waals surface area contributed by atoms with Crippen LogP contribution in [0.1, 0.15) is 38.8 Å². The number of ether oxygens (including phenoxy) is 1. The minimum absolute atomic E-state index is 0.0311. The van der Waals surface area contributed by atoms with Crippen LogP contribution in [0.25, 0.3) is 11.6 Å². The van der Waals surface area contributed by atoms with Crippen LogP contribution in [0.3, 0.4) is 0 Å². The number of fused-ring (bicyclic) bond motifs is 1. The first-order chi connectivity index (χ1) is 15.6. The summed E-state index contributed by atoms with van der Waals surface area (Å²) in [6.07, 6.45) is 3.84. The van der Waals surface area contributed by atoms with Gasteiger partial charge in [0.2, 0.25) is 0 Å². The first kappa shape index (κ1) is 22.7. The average molecular weight is 462 g/mol. The number of anilines is 2. The van der Waals surface area contributed by atoms with Crippen molar-refractivity contribution in [1.29, 1.82) is 0 Å². The van der Waals surface area contributed by atoms with Crippen molar-refractivity contribution in [2.75, 3.05) is 23.5 Å². The van der Waals surface area contributed by atoms with Gasteiger partial charge in [0.25, 0.3) is 11.8 Å². The molecule has 0 spiro atoms. The van der Waals surface area contributed by atoms with Gasteiger partial charge in [-0.05, 0) is 93.5 Å². The lowest BCUT2D eigenvalue weighted by Gasteiger charge is -2.40. The van der Waals surface area contributed by atoms with E-state index in [-0.39, 0.29) is 16.2 Å². The highest BCUT2D eigenvalue weighted by Crippen LogP contribution is 2.38. The van der Waals surface area contributed by atoms with E-state index in [9.17, 15) is 9.59 Å². The smallest absolute Gasteiger partial charge is 0.270 e. The third kappa shape index (κ3) is 4.16. The molecule has 1 N–H and O–H groups in total. The summed E-state index contributed by atoms with van der Waals surface area (Å²) in [7, 11) is 2.06. The zero-order valence-electron chi connectivity index (χ0n) is 19.4. The van der Waals surface area contributed by atoms with E-state index < -0.39 is 11.8 Å². The fourth-order valence-electron chi connectivity index (χ4n) is 4.18. The summed E-state index contributed by atoms with van der Waals surface area (Å²) in [5, 5.41) is 2.69. The molecule has 33 heavy (non-hydrogen) atoms. The fourth-order valence-corrected chi connectivity index (χ4v) is 4.46. The van der Waals surface area contributed by atoms with E-state index in [1.54, 1.807) is 30.3 Å². The van der Waals surface area contributed by atoms with Crippen LogP contribution in [0, 0.1) is 0 Å². The van der Waals surface area contributed by atoms with Crippen molar-refractivity contribution < 1.29 is 14.3 Å². The molecule has 2 aromatic carbocycles. The van der Waals surface area contributed by atoms with E-state index >= 15 is 0 Å². The normalized spacial score (nSPS) is 18.8. The molecule has 2 aliphatic heterocycles. The van der Waals surface area contributed by atoms with Crippen LogP contribution >= 0.6 is 12.2 Å². The van der Waals surface area contributed by atoms with Gasteiger partial charge in [0.1, 0.15) is 11.3 Å². The standard InChI is InChI=1S/C26H27N3O3S/c1-6-32-19-10-8-18(9-11-19)29-24(31)21(23(30)27-25(29)33)14-17-7-12-22-20(13-17)16(2)15-26(3,4)28(22)5/h7-15H,6H2,1-5H3,(H,27,30,33)/b21-14-. The van der Waals surface area contributed by atoms with Gasteiger partial charge in [-0.25, -0.2) is 0 Å². The maximum atomic E-state index is 13.3. The number of hydrogen-bond donors (Lipinski definition) is 1. The SMILES string of the molecule is CCOc1ccc(N2C(=O)/C(=C\c3ccc4c(c3)C(C)=CC(C)(C)N4C)C(=O)NC2=S)cc1. The first-order valence-corrected chi connectivity index (χ1v) is 11.2. The van der Waals surface area contributed by atoms with E-state index in [1.807, 2.05) is 25.1 Å². The van der Waals surface area contributed by atoms with Gasteiger partial charge in [-0.15, -0.1) is 0 Å². The molecule has 0 unspecified atom stereocenters. The van der Waals surface area contributed by atoms with Gasteiger partial charge in [-0.1, -0.05) is 12.1 Å². The molecule has 2 heterocycles. The lowest BCUT2D eigenvalue weighted by atomic mass is 9.88. The van der Waals surface area contributed by atoms with E-state index in [2.05, 4.69) is 44.1 Å². The minimum atomic E-state index is -0.504. The number of carbonyl (C=O) groups excluding carboxylic acids is 2. The highest BCUT2D eigenvalue weighted by atomic mass is 32.1. The molecule has 0 aromatic heterocycles. The van der Waals surface area contributed by atoms with Crippen LogP contribution in [-0.2, 0) is 9.59 Å². The van der Waals surface area contributed by atoms with Crippen molar-refractivity contribution in [2.45, 2.75) is 33.2 Å². The van der Waals surface area contributed by atoms with Crippen molar-refractivity contribution in [2.24, 2.45) is 0 Å². The molecule has 6 nitrogen and oxygen atoms in total. The predicted octanol–water partition coefficient (Wildman–Crippen LogP) is 4.55. The largest absolute Gasteiger partial charge is 0.494 e. The maximum absolute atomic E-state index is 13.3. The third-order valence-electron chi connectivity index (χ3n) is 6.06. The molecule has 1 fully saturated rings. The molecular weight excluding hydrogens is 434 g/mol. The summed E-state index contributed by atoms with van der Waals surface area (Å²) in [6.45, 7) is 8.86. The molecule has 2 aliphatic rings. The third-order valence-corrected chi connectivity index (χ3v) is 6.34. The van der Waals surface area contributed by atoms with Crippen molar-refractivity contribution in [3.05, 3.63) is 65.2 Å². The molecule has 2 amide bonds. The number of allylic oxidation sites excluding steroid dienone is 1. The lowest BCUT2D eigenvalue weighted by Crippen LogP contribution is -2.54. The quantitative estimate of drug-likeness (QED) is 0.411. The second-order valence-electron chi connectivity index (χ2n) is 8.70. The van der Waals surface area contributed by atoms with Crippen molar-refractivity contribution in [3.8, 4) is 5.75 Å². The Morgan fingerprint density at radius 3 is 2.48 bits per heavy atom. The highest BCUT2D eigenvalue weighted by molar-refractivity contribution is 7.80. The van der Waals surface area contributed by atoms with Crippen LogP contribution < -0.4 is 19.9 Å². The molecule has 170 valence electrons. The van der Waals surface area contributed by atoms with Gasteiger partial charge < -0.3 is 9.64 Å². The molecule has 1 saturated heterocycles. The number of likely N-dealkylation sites (N-methyl/N-ethyl adjacent to an activating group) is 1. The molecule has 0 radical (unpaired) electrons. The zero-order valence-corrected chi connectivity index (χ0v) is 20.2. The van der Waals surface area contributed by atoms with Gasteiger partial charge in [-0.2, -0.15) is 0 Å². The van der Waals surface area contributed by atoms with Crippen molar-refractivity contribution in [1.82, 2.24) is 5.32 Å². The fraction of sp³-hybridized carbons (Fsp3) is 0.269. The highest BCUT2D eigenvalue weighted by Gasteiger charge is 2.35. The molecule has 0 bridgehead atoms. The number of amides is 2. The Morgan fingerprint density at radius 2 is 1.82 bits per heavy atom. The van der Waals surface area contributed by atoms with Gasteiger partial charge in [0.15, 0.2) is 5.11 Å². The monoisotopic (exact) mass is 461 g/mol. The predicted molar refractivity (Wildman–Crippen MR) is 136 cm³/mol.